The number of hydrogen-bond acceptors (Lipinski definition) is 6. The van der Waals surface area contributed by atoms with Gasteiger partial charge in [0.25, 0.3) is 5.91 Å². The van der Waals surface area contributed by atoms with Crippen LogP contribution in [-0.4, -0.2) is 28.1 Å². The lowest BCUT2D eigenvalue weighted by molar-refractivity contribution is -0.113. The van der Waals surface area contributed by atoms with Gasteiger partial charge in [-0.15, -0.1) is 0 Å². The number of thiocarbonyl (C=S) groups is 1. The zero-order valence-corrected chi connectivity index (χ0v) is 14.8. The number of rotatable bonds is 3. The zero-order valence-electron chi connectivity index (χ0n) is 13.2. The summed E-state index contributed by atoms with van der Waals surface area (Å²) >= 11 is 6.52. The molecule has 130 valence electrons. The summed E-state index contributed by atoms with van der Waals surface area (Å²) in [4.78, 5) is 25.6. The molecule has 1 fully saturated rings. The molecule has 8 heteroatoms. The van der Waals surface area contributed by atoms with Crippen molar-refractivity contribution in [2.24, 2.45) is 0 Å². The number of benzene rings is 2. The molecular weight excluding hydrogens is 374 g/mol. The van der Waals surface area contributed by atoms with Gasteiger partial charge in [-0.1, -0.05) is 30.0 Å². The molecule has 0 aliphatic carbocycles. The first-order valence-corrected chi connectivity index (χ1v) is 8.76. The number of carboxylic acid groups (broad SMARTS) is 1. The van der Waals surface area contributed by atoms with Crippen LogP contribution in [0.1, 0.15) is 15.9 Å². The van der Waals surface area contributed by atoms with Gasteiger partial charge in [0, 0.05) is 0 Å². The molecule has 26 heavy (non-hydrogen) atoms. The molecule has 2 aromatic rings. The number of hydrogen-bond donors (Lipinski definition) is 1. The number of nitrogens with zero attached hydrogens (tertiary/aromatic N) is 1. The van der Waals surface area contributed by atoms with Crippen LogP contribution in [0.25, 0.3) is 6.08 Å². The third-order valence-corrected chi connectivity index (χ3v) is 5.16. The Hall–Kier alpha value is -2.84. The molecule has 0 aromatic heterocycles. The van der Waals surface area contributed by atoms with Gasteiger partial charge in [0.2, 0.25) is 6.79 Å². The SMILES string of the molecule is O=C(O)c1ccc(N2C(=O)/C(=C\c3ccc4c(c3)OCO4)SC2=S)cc1. The molecule has 0 atom stereocenters. The summed E-state index contributed by atoms with van der Waals surface area (Å²) in [6.07, 6.45) is 1.74. The van der Waals surface area contributed by atoms with Gasteiger partial charge >= 0.3 is 5.97 Å². The van der Waals surface area contributed by atoms with E-state index in [0.29, 0.717) is 26.4 Å². The van der Waals surface area contributed by atoms with Crippen molar-refractivity contribution in [3.05, 3.63) is 58.5 Å². The van der Waals surface area contributed by atoms with E-state index in [4.69, 9.17) is 26.8 Å². The summed E-state index contributed by atoms with van der Waals surface area (Å²) in [7, 11) is 0. The molecule has 1 saturated heterocycles. The van der Waals surface area contributed by atoms with E-state index in [0.717, 1.165) is 5.56 Å². The van der Waals surface area contributed by atoms with Crippen molar-refractivity contribution in [2.75, 3.05) is 11.7 Å². The van der Waals surface area contributed by atoms with E-state index in [-0.39, 0.29) is 18.3 Å². The molecule has 2 aromatic carbocycles. The smallest absolute Gasteiger partial charge is 0.335 e. The average molecular weight is 385 g/mol. The van der Waals surface area contributed by atoms with E-state index in [1.54, 1.807) is 30.3 Å². The number of ether oxygens (including phenoxy) is 2. The van der Waals surface area contributed by atoms with Crippen LogP contribution in [-0.2, 0) is 4.79 Å². The van der Waals surface area contributed by atoms with E-state index in [2.05, 4.69) is 0 Å². The Morgan fingerprint density at radius 3 is 2.62 bits per heavy atom. The summed E-state index contributed by atoms with van der Waals surface area (Å²) in [5.74, 6) is 0.0390. The van der Waals surface area contributed by atoms with Gasteiger partial charge in [0.1, 0.15) is 0 Å². The van der Waals surface area contributed by atoms with Crippen LogP contribution in [0.3, 0.4) is 0 Å². The van der Waals surface area contributed by atoms with Crippen LogP contribution >= 0.6 is 24.0 Å². The number of fused-ring (bicyclic) bond motifs is 1. The maximum absolute atomic E-state index is 12.8. The first-order chi connectivity index (χ1) is 12.5. The molecule has 6 nitrogen and oxygen atoms in total. The van der Waals surface area contributed by atoms with Gasteiger partial charge in [-0.3, -0.25) is 9.69 Å². The van der Waals surface area contributed by atoms with Crippen molar-refractivity contribution >= 4 is 51.9 Å². The maximum atomic E-state index is 12.8. The Labute approximate surface area is 158 Å². The van der Waals surface area contributed by atoms with E-state index in [9.17, 15) is 9.59 Å². The normalized spacial score (nSPS) is 17.2. The number of thioether (sulfide) groups is 1. The molecule has 2 heterocycles. The van der Waals surface area contributed by atoms with Crippen molar-refractivity contribution in [2.45, 2.75) is 0 Å². The summed E-state index contributed by atoms with van der Waals surface area (Å²) in [5.41, 5.74) is 1.48. The number of carbonyl (C=O) groups excluding carboxylic acids is 1. The summed E-state index contributed by atoms with van der Waals surface area (Å²) in [6.45, 7) is 0.188. The standard InChI is InChI=1S/C18H11NO5S2/c20-16-15(8-10-1-6-13-14(7-10)24-9-23-13)26-18(25)19(16)12-4-2-11(3-5-12)17(21)22/h1-8H,9H2,(H,21,22)/b15-8+. The fourth-order valence-electron chi connectivity index (χ4n) is 2.60. The zero-order chi connectivity index (χ0) is 18.3. The minimum absolute atomic E-state index is 0.148. The highest BCUT2D eigenvalue weighted by atomic mass is 32.2. The number of aromatic carboxylic acids is 1. The molecule has 0 saturated carbocycles. The molecule has 1 N–H and O–H groups in total. The van der Waals surface area contributed by atoms with Crippen LogP contribution in [0.15, 0.2) is 47.4 Å². The number of carbonyl (C=O) groups is 2. The fraction of sp³-hybridized carbons (Fsp3) is 0.0556. The highest BCUT2D eigenvalue weighted by Crippen LogP contribution is 2.38. The van der Waals surface area contributed by atoms with Crippen LogP contribution in [0.2, 0.25) is 0 Å². The Balaban J connectivity index is 1.61. The fourth-order valence-corrected chi connectivity index (χ4v) is 3.90. The average Bonchev–Trinajstić information content (AvgIpc) is 3.19. The molecule has 0 bridgehead atoms. The monoisotopic (exact) mass is 385 g/mol. The maximum Gasteiger partial charge on any atom is 0.335 e. The third-order valence-electron chi connectivity index (χ3n) is 3.86. The summed E-state index contributed by atoms with van der Waals surface area (Å²) < 4.78 is 11.0. The van der Waals surface area contributed by atoms with Crippen molar-refractivity contribution in [1.82, 2.24) is 0 Å². The van der Waals surface area contributed by atoms with Gasteiger partial charge in [0.05, 0.1) is 16.2 Å². The third kappa shape index (κ3) is 2.93. The second-order valence-electron chi connectivity index (χ2n) is 5.48. The molecule has 0 unspecified atom stereocenters. The largest absolute Gasteiger partial charge is 0.478 e. The first-order valence-electron chi connectivity index (χ1n) is 7.54. The highest BCUT2D eigenvalue weighted by molar-refractivity contribution is 8.27. The first kappa shape index (κ1) is 16.6. The number of carboxylic acids is 1. The van der Waals surface area contributed by atoms with Crippen molar-refractivity contribution in [1.29, 1.82) is 0 Å². The van der Waals surface area contributed by atoms with Gasteiger partial charge in [-0.05, 0) is 48.0 Å². The van der Waals surface area contributed by atoms with E-state index < -0.39 is 5.97 Å². The second-order valence-corrected chi connectivity index (χ2v) is 7.16. The van der Waals surface area contributed by atoms with Crippen molar-refractivity contribution in [3.63, 3.8) is 0 Å². The molecular formula is C18H11NO5S2. The van der Waals surface area contributed by atoms with Crippen molar-refractivity contribution < 1.29 is 24.2 Å². The Kier molecular flexibility index (Phi) is 4.14. The Morgan fingerprint density at radius 1 is 1.15 bits per heavy atom. The van der Waals surface area contributed by atoms with Gasteiger partial charge < -0.3 is 14.6 Å². The van der Waals surface area contributed by atoms with E-state index >= 15 is 0 Å². The molecule has 1 amide bonds. The van der Waals surface area contributed by atoms with Gasteiger partial charge in [0.15, 0.2) is 15.8 Å². The summed E-state index contributed by atoms with van der Waals surface area (Å²) in [6, 6.07) is 11.4. The van der Waals surface area contributed by atoms with Crippen LogP contribution in [0.5, 0.6) is 11.5 Å². The number of anilines is 1. The lowest BCUT2D eigenvalue weighted by Gasteiger charge is -2.14. The quantitative estimate of drug-likeness (QED) is 0.640. The van der Waals surface area contributed by atoms with E-state index in [1.165, 1.54) is 28.8 Å². The number of amides is 1. The van der Waals surface area contributed by atoms with Crippen LogP contribution < -0.4 is 14.4 Å². The Bertz CT molecular complexity index is 968. The second kappa shape index (κ2) is 6.47. The lowest BCUT2D eigenvalue weighted by Crippen LogP contribution is -2.27. The summed E-state index contributed by atoms with van der Waals surface area (Å²) in [5, 5.41) is 8.98. The highest BCUT2D eigenvalue weighted by Gasteiger charge is 2.33. The van der Waals surface area contributed by atoms with E-state index in [1.807, 2.05) is 6.07 Å². The van der Waals surface area contributed by atoms with Crippen LogP contribution in [0, 0.1) is 0 Å². The molecule has 0 radical (unpaired) electrons. The van der Waals surface area contributed by atoms with Crippen molar-refractivity contribution in [3.8, 4) is 11.5 Å². The molecule has 2 aliphatic heterocycles. The van der Waals surface area contributed by atoms with Gasteiger partial charge in [-0.25, -0.2) is 4.79 Å². The molecule has 2 aliphatic rings. The topological polar surface area (TPSA) is 76.1 Å². The minimum Gasteiger partial charge on any atom is -0.478 e. The Morgan fingerprint density at radius 2 is 1.88 bits per heavy atom. The predicted molar refractivity (Wildman–Crippen MR) is 102 cm³/mol. The lowest BCUT2D eigenvalue weighted by atomic mass is 10.1. The molecule has 4 rings (SSSR count). The predicted octanol–water partition coefficient (Wildman–Crippen LogP) is 3.52. The van der Waals surface area contributed by atoms with Gasteiger partial charge in [-0.2, -0.15) is 0 Å². The molecule has 0 spiro atoms. The minimum atomic E-state index is -1.02. The van der Waals surface area contributed by atoms with Crippen LogP contribution in [0.4, 0.5) is 5.69 Å².